The highest BCUT2D eigenvalue weighted by Gasteiger charge is 2.28. The lowest BCUT2D eigenvalue weighted by atomic mass is 9.82. The molecule has 6 nitrogen and oxygen atoms in total. The minimum absolute atomic E-state index is 0.158. The molecule has 2 heterocycles. The summed E-state index contributed by atoms with van der Waals surface area (Å²) in [6.07, 6.45) is 3.35. The number of imidazole rings is 1. The van der Waals surface area contributed by atoms with Crippen LogP contribution in [-0.4, -0.2) is 28.0 Å². The molecule has 3 aromatic rings. The molecule has 33 heavy (non-hydrogen) atoms. The Morgan fingerprint density at radius 3 is 2.45 bits per heavy atom. The fourth-order valence-corrected chi connectivity index (χ4v) is 4.40. The Balaban J connectivity index is 2.03. The van der Waals surface area contributed by atoms with Gasteiger partial charge in [-0.3, -0.25) is 9.20 Å². The third-order valence-corrected chi connectivity index (χ3v) is 5.19. The van der Waals surface area contributed by atoms with E-state index in [1.54, 1.807) is 13.2 Å². The molecule has 1 aromatic carbocycles. The van der Waals surface area contributed by atoms with E-state index in [-0.39, 0.29) is 22.8 Å². The first-order valence-corrected chi connectivity index (χ1v) is 11.5. The van der Waals surface area contributed by atoms with E-state index in [1.165, 1.54) is 0 Å². The van der Waals surface area contributed by atoms with Crippen LogP contribution in [0.5, 0.6) is 11.5 Å². The number of anilines is 1. The first kappa shape index (κ1) is 24.6. The Morgan fingerprint density at radius 1 is 1.09 bits per heavy atom. The molecule has 0 aliphatic carbocycles. The number of pyridine rings is 1. The molecule has 0 bridgehead atoms. The number of rotatable bonds is 8. The molecule has 178 valence electrons. The summed E-state index contributed by atoms with van der Waals surface area (Å²) in [5.41, 5.74) is 2.57. The summed E-state index contributed by atoms with van der Waals surface area (Å²) in [6.45, 7) is 15.1. The Hall–Kier alpha value is -3.02. The fourth-order valence-electron chi connectivity index (χ4n) is 4.40. The van der Waals surface area contributed by atoms with E-state index >= 15 is 0 Å². The van der Waals surface area contributed by atoms with Gasteiger partial charge in [-0.1, -0.05) is 40.7 Å². The molecule has 0 amide bonds. The second-order valence-corrected chi connectivity index (χ2v) is 10.9. The van der Waals surface area contributed by atoms with Crippen molar-refractivity contribution in [3.05, 3.63) is 42.6 Å². The Morgan fingerprint density at radius 2 is 1.82 bits per heavy atom. The number of hydrogen-bond acceptors (Lipinski definition) is 5. The van der Waals surface area contributed by atoms with Gasteiger partial charge in [0.1, 0.15) is 17.2 Å². The van der Waals surface area contributed by atoms with Crippen molar-refractivity contribution in [1.82, 2.24) is 9.38 Å². The predicted molar refractivity (Wildman–Crippen MR) is 134 cm³/mol. The maximum Gasteiger partial charge on any atom is 0.311 e. The second kappa shape index (κ2) is 9.46. The van der Waals surface area contributed by atoms with Gasteiger partial charge in [-0.25, -0.2) is 4.98 Å². The van der Waals surface area contributed by atoms with E-state index in [0.717, 1.165) is 29.1 Å². The number of methoxy groups -OCH3 is 1. The molecule has 0 spiro atoms. The van der Waals surface area contributed by atoms with Gasteiger partial charge in [0.2, 0.25) is 0 Å². The summed E-state index contributed by atoms with van der Waals surface area (Å²) < 4.78 is 13.2. The number of aromatic nitrogens is 2. The molecule has 0 saturated carbocycles. The summed E-state index contributed by atoms with van der Waals surface area (Å²) in [5.74, 6) is 1.80. The van der Waals surface area contributed by atoms with Crippen LogP contribution in [-0.2, 0) is 4.79 Å². The monoisotopic (exact) mass is 451 g/mol. The lowest BCUT2D eigenvalue weighted by Crippen LogP contribution is -2.36. The Kier molecular flexibility index (Phi) is 7.06. The van der Waals surface area contributed by atoms with Gasteiger partial charge in [0.25, 0.3) is 0 Å². The quantitative estimate of drug-likeness (QED) is 0.309. The molecule has 2 aromatic heterocycles. The number of carbonyl (C=O) groups excluding carboxylic acids is 1. The van der Waals surface area contributed by atoms with E-state index in [1.807, 2.05) is 50.4 Å². The largest absolute Gasteiger partial charge is 0.493 e. The molecule has 0 aliphatic rings. The molecular weight excluding hydrogens is 414 g/mol. The lowest BCUT2D eigenvalue weighted by Gasteiger charge is -2.34. The van der Waals surface area contributed by atoms with E-state index in [9.17, 15) is 4.79 Å². The average Bonchev–Trinajstić information content (AvgIpc) is 3.03. The Labute approximate surface area is 197 Å². The summed E-state index contributed by atoms with van der Waals surface area (Å²) in [6, 6.07) is 11.5. The van der Waals surface area contributed by atoms with E-state index in [0.29, 0.717) is 17.9 Å². The summed E-state index contributed by atoms with van der Waals surface area (Å²) >= 11 is 0. The van der Waals surface area contributed by atoms with Crippen molar-refractivity contribution < 1.29 is 14.3 Å². The minimum atomic E-state index is -0.268. The van der Waals surface area contributed by atoms with Gasteiger partial charge in [0.05, 0.1) is 7.11 Å². The van der Waals surface area contributed by atoms with Crippen LogP contribution in [0.4, 0.5) is 5.82 Å². The van der Waals surface area contributed by atoms with E-state index in [4.69, 9.17) is 14.5 Å². The van der Waals surface area contributed by atoms with Crippen LogP contribution in [0, 0.1) is 11.3 Å². The summed E-state index contributed by atoms with van der Waals surface area (Å²) in [4.78, 5) is 17.1. The van der Waals surface area contributed by atoms with Crippen LogP contribution in [0.1, 0.15) is 61.3 Å². The summed E-state index contributed by atoms with van der Waals surface area (Å²) in [5, 5.41) is 3.75. The smallest absolute Gasteiger partial charge is 0.311 e. The van der Waals surface area contributed by atoms with Crippen molar-refractivity contribution in [1.29, 1.82) is 0 Å². The third kappa shape index (κ3) is 6.28. The third-order valence-electron chi connectivity index (χ3n) is 5.19. The maximum atomic E-state index is 12.2. The number of hydrogen-bond donors (Lipinski definition) is 1. The molecule has 0 atom stereocenters. The molecule has 6 heteroatoms. The predicted octanol–water partition coefficient (Wildman–Crippen LogP) is 6.59. The molecule has 0 aliphatic heterocycles. The van der Waals surface area contributed by atoms with Crippen molar-refractivity contribution in [3.8, 4) is 22.8 Å². The number of nitrogens with one attached hydrogen (secondary N) is 1. The van der Waals surface area contributed by atoms with Gasteiger partial charge in [-0.2, -0.15) is 0 Å². The molecule has 1 N–H and O–H groups in total. The highest BCUT2D eigenvalue weighted by atomic mass is 16.6. The van der Waals surface area contributed by atoms with Crippen molar-refractivity contribution in [2.24, 2.45) is 11.3 Å². The minimum Gasteiger partial charge on any atom is -0.493 e. The molecule has 0 unspecified atom stereocenters. The molecule has 0 fully saturated rings. The van der Waals surface area contributed by atoms with Gasteiger partial charge in [0.15, 0.2) is 11.5 Å². The van der Waals surface area contributed by atoms with Crippen LogP contribution in [0.3, 0.4) is 0 Å². The number of esters is 1. The number of fused-ring (bicyclic) bond motifs is 1. The zero-order chi connectivity index (χ0) is 24.4. The van der Waals surface area contributed by atoms with Crippen molar-refractivity contribution in [2.75, 3.05) is 12.4 Å². The van der Waals surface area contributed by atoms with E-state index < -0.39 is 0 Å². The maximum absolute atomic E-state index is 12.2. The second-order valence-electron chi connectivity index (χ2n) is 10.9. The van der Waals surface area contributed by atoms with Gasteiger partial charge in [-0.15, -0.1) is 0 Å². The SMILES string of the molecule is COc1cc(-c2nc3ccccn3c2NC(C)(C)CC(C)(C)C)ccc1OC(=O)CC(C)C. The lowest BCUT2D eigenvalue weighted by molar-refractivity contribution is -0.135. The topological polar surface area (TPSA) is 64.9 Å². The van der Waals surface area contributed by atoms with Crippen LogP contribution in [0.15, 0.2) is 42.6 Å². The standard InChI is InChI=1S/C27H37N3O3/c1-18(2)15-23(31)33-20-13-12-19(16-21(20)32-8)24-25(29-27(6,7)17-26(3,4)5)30-14-10-9-11-22(30)28-24/h9-14,16,18,29H,15,17H2,1-8H3. The van der Waals surface area contributed by atoms with Gasteiger partial charge < -0.3 is 14.8 Å². The van der Waals surface area contributed by atoms with Gasteiger partial charge in [0, 0.05) is 23.7 Å². The molecule has 0 saturated heterocycles. The highest BCUT2D eigenvalue weighted by Crippen LogP contribution is 2.38. The number of nitrogens with zero attached hydrogens (tertiary/aromatic N) is 2. The molecular formula is C27H37N3O3. The van der Waals surface area contributed by atoms with Crippen LogP contribution >= 0.6 is 0 Å². The fraction of sp³-hybridized carbons (Fsp3) is 0.481. The van der Waals surface area contributed by atoms with Crippen molar-refractivity contribution in [3.63, 3.8) is 0 Å². The average molecular weight is 452 g/mol. The highest BCUT2D eigenvalue weighted by molar-refractivity contribution is 5.79. The molecule has 3 rings (SSSR count). The number of benzene rings is 1. The number of carbonyl (C=O) groups is 1. The van der Waals surface area contributed by atoms with E-state index in [2.05, 4.69) is 44.3 Å². The van der Waals surface area contributed by atoms with Crippen LogP contribution in [0.2, 0.25) is 0 Å². The zero-order valence-corrected chi connectivity index (χ0v) is 21.2. The van der Waals surface area contributed by atoms with Crippen molar-refractivity contribution in [2.45, 2.75) is 66.8 Å². The first-order chi connectivity index (χ1) is 15.4. The van der Waals surface area contributed by atoms with Gasteiger partial charge >= 0.3 is 5.97 Å². The first-order valence-electron chi connectivity index (χ1n) is 11.5. The zero-order valence-electron chi connectivity index (χ0n) is 21.2. The van der Waals surface area contributed by atoms with Crippen molar-refractivity contribution >= 4 is 17.4 Å². The van der Waals surface area contributed by atoms with Crippen LogP contribution < -0.4 is 14.8 Å². The van der Waals surface area contributed by atoms with Crippen LogP contribution in [0.25, 0.3) is 16.9 Å². The molecule has 0 radical (unpaired) electrons. The number of ether oxygens (including phenoxy) is 2. The normalized spacial score (nSPS) is 12.3. The van der Waals surface area contributed by atoms with Gasteiger partial charge in [-0.05, 0) is 61.9 Å². The Bertz CT molecular complexity index is 1120. The summed E-state index contributed by atoms with van der Waals surface area (Å²) in [7, 11) is 1.58.